The number of carbonyl (C=O) groups excluding carboxylic acids is 5. The number of rotatable bonds is 5. The monoisotopic (exact) mass is 550 g/mol. The Morgan fingerprint density at radius 3 is 2.30 bits per heavy atom. The van der Waals surface area contributed by atoms with Crippen LogP contribution in [0.3, 0.4) is 0 Å². The third-order valence-electron chi connectivity index (χ3n) is 6.79. The summed E-state index contributed by atoms with van der Waals surface area (Å²) in [5.74, 6) is -2.23. The Morgan fingerprint density at radius 1 is 0.975 bits per heavy atom. The van der Waals surface area contributed by atoms with Crippen molar-refractivity contribution in [1.29, 1.82) is 0 Å². The lowest BCUT2D eigenvalue weighted by molar-refractivity contribution is -0.142. The van der Waals surface area contributed by atoms with Gasteiger partial charge in [-0.25, -0.2) is 0 Å². The molecule has 0 aliphatic carbocycles. The fraction of sp³-hybridized carbons (Fsp3) is 0.448. The highest BCUT2D eigenvalue weighted by molar-refractivity contribution is 5.98. The SMILES string of the molecule is CC(C)C[C@@H]1NC(=O)CN(C(=O)c2ccncc2)CCNC(=O)[C@H](Cc2ccccc2)NC(=O)[C@H](C)N(C)C1=O. The molecule has 3 N–H and O–H groups in total. The predicted octanol–water partition coefficient (Wildman–Crippen LogP) is 0.759. The van der Waals surface area contributed by atoms with Crippen LogP contribution in [-0.2, 0) is 25.6 Å². The van der Waals surface area contributed by atoms with E-state index in [-0.39, 0.29) is 32.0 Å². The second kappa shape index (κ2) is 14.2. The van der Waals surface area contributed by atoms with Gasteiger partial charge in [0.15, 0.2) is 0 Å². The number of likely N-dealkylation sites (N-methyl/N-ethyl adjacent to an activating group) is 1. The van der Waals surface area contributed by atoms with Gasteiger partial charge >= 0.3 is 0 Å². The minimum atomic E-state index is -0.915. The fourth-order valence-electron chi connectivity index (χ4n) is 4.44. The number of nitrogens with zero attached hydrogens (tertiary/aromatic N) is 3. The number of amides is 5. The molecule has 1 aromatic heterocycles. The van der Waals surface area contributed by atoms with Gasteiger partial charge in [0, 0.05) is 44.5 Å². The second-order valence-electron chi connectivity index (χ2n) is 10.4. The van der Waals surface area contributed by atoms with Crippen molar-refractivity contribution in [1.82, 2.24) is 30.7 Å². The molecule has 1 aromatic carbocycles. The second-order valence-corrected chi connectivity index (χ2v) is 10.4. The molecule has 0 saturated carbocycles. The largest absolute Gasteiger partial charge is 0.353 e. The van der Waals surface area contributed by atoms with Crippen LogP contribution in [0.5, 0.6) is 0 Å². The van der Waals surface area contributed by atoms with Gasteiger partial charge in [-0.15, -0.1) is 0 Å². The van der Waals surface area contributed by atoms with Crippen molar-refractivity contribution in [3.05, 3.63) is 66.0 Å². The van der Waals surface area contributed by atoms with Crippen molar-refractivity contribution in [2.75, 3.05) is 26.7 Å². The molecule has 0 spiro atoms. The molecule has 0 unspecified atom stereocenters. The van der Waals surface area contributed by atoms with E-state index in [0.717, 1.165) is 5.56 Å². The number of hydrogen-bond acceptors (Lipinski definition) is 6. The van der Waals surface area contributed by atoms with Crippen molar-refractivity contribution in [3.63, 3.8) is 0 Å². The van der Waals surface area contributed by atoms with Crippen LogP contribution >= 0.6 is 0 Å². The Morgan fingerprint density at radius 2 is 1.65 bits per heavy atom. The predicted molar refractivity (Wildman–Crippen MR) is 149 cm³/mol. The average Bonchev–Trinajstić information content (AvgIpc) is 2.94. The van der Waals surface area contributed by atoms with Gasteiger partial charge in [0.1, 0.15) is 18.1 Å². The maximum atomic E-state index is 13.5. The highest BCUT2D eigenvalue weighted by Gasteiger charge is 2.33. The van der Waals surface area contributed by atoms with E-state index in [1.54, 1.807) is 19.1 Å². The molecule has 3 rings (SSSR count). The van der Waals surface area contributed by atoms with E-state index >= 15 is 0 Å². The van der Waals surface area contributed by atoms with Gasteiger partial charge in [-0.3, -0.25) is 29.0 Å². The van der Waals surface area contributed by atoms with Crippen LogP contribution in [0.4, 0.5) is 0 Å². The van der Waals surface area contributed by atoms with Gasteiger partial charge in [-0.1, -0.05) is 44.2 Å². The zero-order chi connectivity index (χ0) is 29.2. The first-order chi connectivity index (χ1) is 19.1. The summed E-state index contributed by atoms with van der Waals surface area (Å²) in [6.45, 7) is 5.19. The fourth-order valence-corrected chi connectivity index (χ4v) is 4.44. The van der Waals surface area contributed by atoms with E-state index in [2.05, 4.69) is 20.9 Å². The summed E-state index contributed by atoms with van der Waals surface area (Å²) in [5, 5.41) is 8.35. The summed E-state index contributed by atoms with van der Waals surface area (Å²) in [5.41, 5.74) is 1.18. The topological polar surface area (TPSA) is 141 Å². The third-order valence-corrected chi connectivity index (χ3v) is 6.79. The lowest BCUT2D eigenvalue weighted by Crippen LogP contribution is -2.57. The third kappa shape index (κ3) is 8.36. The number of carbonyl (C=O) groups is 5. The first kappa shape index (κ1) is 30.3. The minimum absolute atomic E-state index is 0.0332. The first-order valence-electron chi connectivity index (χ1n) is 13.4. The Labute approximate surface area is 234 Å². The van der Waals surface area contributed by atoms with E-state index in [0.29, 0.717) is 12.0 Å². The van der Waals surface area contributed by atoms with E-state index in [9.17, 15) is 24.0 Å². The van der Waals surface area contributed by atoms with E-state index in [1.165, 1.54) is 29.2 Å². The standard InChI is InChI=1S/C29H38N6O5/c1-19(2)16-24-29(40)34(4)20(3)26(37)33-23(17-21-8-6-5-7-9-21)27(38)31-14-15-35(18-25(36)32-24)28(39)22-10-12-30-13-11-22/h5-13,19-20,23-24H,14-18H2,1-4H3,(H,31,38)(H,32,36)(H,33,37)/t20-,23-,24-/m0/s1. The van der Waals surface area contributed by atoms with Crippen molar-refractivity contribution < 1.29 is 24.0 Å². The van der Waals surface area contributed by atoms with Crippen molar-refractivity contribution in [3.8, 4) is 0 Å². The van der Waals surface area contributed by atoms with Crippen LogP contribution in [0.1, 0.15) is 43.1 Å². The summed E-state index contributed by atoms with van der Waals surface area (Å²) in [6.07, 6.45) is 3.54. The van der Waals surface area contributed by atoms with Gasteiger partial charge in [-0.2, -0.15) is 0 Å². The molecular weight excluding hydrogens is 512 g/mol. The van der Waals surface area contributed by atoms with Gasteiger partial charge in [0.25, 0.3) is 5.91 Å². The van der Waals surface area contributed by atoms with Crippen molar-refractivity contribution >= 4 is 29.5 Å². The Hall–Kier alpha value is -4.28. The molecule has 11 heteroatoms. The quantitative estimate of drug-likeness (QED) is 0.502. The van der Waals surface area contributed by atoms with Gasteiger partial charge < -0.3 is 25.8 Å². The highest BCUT2D eigenvalue weighted by Crippen LogP contribution is 2.12. The lowest BCUT2D eigenvalue weighted by atomic mass is 10.0. The molecule has 0 radical (unpaired) electrons. The van der Waals surface area contributed by atoms with Crippen molar-refractivity contribution in [2.45, 2.75) is 51.7 Å². The number of hydrogen-bond donors (Lipinski definition) is 3. The van der Waals surface area contributed by atoms with Crippen LogP contribution in [0.2, 0.25) is 0 Å². The van der Waals surface area contributed by atoms with E-state index < -0.39 is 47.7 Å². The summed E-state index contributed by atoms with van der Waals surface area (Å²) in [4.78, 5) is 72.8. The number of aromatic nitrogens is 1. The molecule has 2 heterocycles. The Bertz CT molecular complexity index is 1190. The molecule has 11 nitrogen and oxygen atoms in total. The maximum absolute atomic E-state index is 13.5. The molecule has 1 aliphatic heterocycles. The number of nitrogens with one attached hydrogen (secondary N) is 3. The van der Waals surface area contributed by atoms with E-state index in [1.807, 2.05) is 44.2 Å². The normalized spacial score (nSPS) is 21.7. The highest BCUT2D eigenvalue weighted by atomic mass is 16.2. The molecule has 1 fully saturated rings. The molecule has 1 aliphatic rings. The molecular formula is C29H38N6O5. The van der Waals surface area contributed by atoms with Gasteiger partial charge in [-0.05, 0) is 37.0 Å². The van der Waals surface area contributed by atoms with Crippen LogP contribution in [0, 0.1) is 5.92 Å². The number of benzene rings is 1. The summed E-state index contributed by atoms with van der Waals surface area (Å²) in [6, 6.07) is 9.64. The van der Waals surface area contributed by atoms with Crippen molar-refractivity contribution in [2.24, 2.45) is 5.92 Å². The lowest BCUT2D eigenvalue weighted by Gasteiger charge is -2.30. The molecule has 214 valence electrons. The molecule has 3 atom stereocenters. The summed E-state index contributed by atoms with van der Waals surface area (Å²) >= 11 is 0. The molecule has 5 amide bonds. The molecule has 1 saturated heterocycles. The minimum Gasteiger partial charge on any atom is -0.353 e. The molecule has 0 bridgehead atoms. The van der Waals surface area contributed by atoms with Crippen LogP contribution in [0.15, 0.2) is 54.9 Å². The molecule has 40 heavy (non-hydrogen) atoms. The van der Waals surface area contributed by atoms with Gasteiger partial charge in [0.05, 0.1) is 6.54 Å². The molecule has 2 aromatic rings. The van der Waals surface area contributed by atoms with E-state index in [4.69, 9.17) is 0 Å². The zero-order valence-electron chi connectivity index (χ0n) is 23.4. The summed E-state index contributed by atoms with van der Waals surface area (Å²) < 4.78 is 0. The number of pyridine rings is 1. The van der Waals surface area contributed by atoms with Crippen LogP contribution in [-0.4, -0.2) is 89.1 Å². The average molecular weight is 551 g/mol. The summed E-state index contributed by atoms with van der Waals surface area (Å²) in [7, 11) is 1.50. The Balaban J connectivity index is 1.93. The van der Waals surface area contributed by atoms with Crippen LogP contribution in [0.25, 0.3) is 0 Å². The van der Waals surface area contributed by atoms with Gasteiger partial charge in [0.2, 0.25) is 23.6 Å². The smallest absolute Gasteiger partial charge is 0.254 e. The maximum Gasteiger partial charge on any atom is 0.254 e. The first-order valence-corrected chi connectivity index (χ1v) is 13.4. The van der Waals surface area contributed by atoms with Crippen LogP contribution < -0.4 is 16.0 Å². The Kier molecular flexibility index (Phi) is 10.7. The zero-order valence-corrected chi connectivity index (χ0v) is 23.4.